The fourth-order valence-corrected chi connectivity index (χ4v) is 4.51. The van der Waals surface area contributed by atoms with E-state index in [9.17, 15) is 9.18 Å². The van der Waals surface area contributed by atoms with Crippen LogP contribution in [0.15, 0.2) is 65.9 Å². The molecule has 1 radical (unpaired) electrons. The van der Waals surface area contributed by atoms with Crippen LogP contribution in [0.2, 0.25) is 13.1 Å². The van der Waals surface area contributed by atoms with Crippen molar-refractivity contribution in [3.05, 3.63) is 77.2 Å². The van der Waals surface area contributed by atoms with Gasteiger partial charge in [0.15, 0.2) is 0 Å². The van der Waals surface area contributed by atoms with Gasteiger partial charge in [-0.2, -0.15) is 0 Å². The van der Waals surface area contributed by atoms with Crippen LogP contribution in [-0.2, 0) is 4.43 Å². The van der Waals surface area contributed by atoms with Gasteiger partial charge in [0, 0.05) is 18.2 Å². The van der Waals surface area contributed by atoms with Gasteiger partial charge in [-0.15, -0.1) is 0 Å². The topological polar surface area (TPSA) is 38.8 Å². The van der Waals surface area contributed by atoms with Gasteiger partial charge in [-0.3, -0.25) is 4.90 Å². The third kappa shape index (κ3) is 5.83. The van der Waals surface area contributed by atoms with E-state index in [1.807, 2.05) is 30.3 Å². The molecule has 0 spiro atoms. The number of nitrogens with zero attached hydrogens (tertiary/aromatic N) is 1. The number of carbonyl (C=O) groups is 1. The molecule has 2 aromatic carbocycles. The van der Waals surface area contributed by atoms with Crippen molar-refractivity contribution in [3.8, 4) is 5.75 Å². The summed E-state index contributed by atoms with van der Waals surface area (Å²) in [5, 5.41) is 0. The zero-order valence-electron chi connectivity index (χ0n) is 18.9. The molecule has 165 valence electrons. The molecule has 1 aliphatic heterocycles. The average molecular weight is 441 g/mol. The summed E-state index contributed by atoms with van der Waals surface area (Å²) in [5.41, 5.74) is 2.84. The monoisotopic (exact) mass is 440 g/mol. The minimum atomic E-state index is -0.958. The minimum absolute atomic E-state index is 0.0874. The molecule has 0 fully saturated rings. The molecule has 1 atom stereocenters. The van der Waals surface area contributed by atoms with E-state index in [0.29, 0.717) is 18.9 Å². The fourth-order valence-electron chi connectivity index (χ4n) is 4.08. The van der Waals surface area contributed by atoms with Gasteiger partial charge in [0.2, 0.25) is 9.04 Å². The zero-order valence-corrected chi connectivity index (χ0v) is 19.9. The quantitative estimate of drug-likeness (QED) is 0.506. The summed E-state index contributed by atoms with van der Waals surface area (Å²) in [4.78, 5) is 14.9. The number of amides is 1. The molecule has 3 rings (SSSR count). The summed E-state index contributed by atoms with van der Waals surface area (Å²) in [6.07, 6.45) is 0.340. The summed E-state index contributed by atoms with van der Waals surface area (Å²) in [6, 6.07) is 15.8. The average Bonchev–Trinajstić information content (AvgIpc) is 2.72. The molecule has 0 N–H and O–H groups in total. The predicted octanol–water partition coefficient (Wildman–Crippen LogP) is 6.38. The number of ether oxygens (including phenoxy) is 1. The summed E-state index contributed by atoms with van der Waals surface area (Å²) in [5.74, 6) is 0.354. The van der Waals surface area contributed by atoms with E-state index in [1.165, 1.54) is 12.1 Å². The van der Waals surface area contributed by atoms with Gasteiger partial charge < -0.3 is 9.16 Å². The molecule has 6 heteroatoms. The van der Waals surface area contributed by atoms with E-state index in [1.54, 1.807) is 17.0 Å². The van der Waals surface area contributed by atoms with E-state index in [4.69, 9.17) is 9.16 Å². The van der Waals surface area contributed by atoms with E-state index >= 15 is 0 Å². The smallest absolute Gasteiger partial charge is 0.411 e. The number of allylic oxidation sites excluding steroid dienone is 1. The Labute approximate surface area is 186 Å². The van der Waals surface area contributed by atoms with Crippen molar-refractivity contribution in [1.82, 2.24) is 4.90 Å². The Morgan fingerprint density at radius 3 is 2.32 bits per heavy atom. The predicted molar refractivity (Wildman–Crippen MR) is 123 cm³/mol. The summed E-state index contributed by atoms with van der Waals surface area (Å²) >= 11 is 0. The lowest BCUT2D eigenvalue weighted by Crippen LogP contribution is -2.42. The first-order valence-electron chi connectivity index (χ1n) is 10.6. The van der Waals surface area contributed by atoms with Crippen LogP contribution in [0.1, 0.15) is 38.7 Å². The van der Waals surface area contributed by atoms with Crippen molar-refractivity contribution in [2.75, 3.05) is 13.2 Å². The number of hydrogen-bond acceptors (Lipinski definition) is 3. The van der Waals surface area contributed by atoms with Crippen molar-refractivity contribution >= 4 is 15.1 Å². The molecular formula is C25H31FNO3Si. The van der Waals surface area contributed by atoms with Gasteiger partial charge in [-0.25, -0.2) is 9.18 Å². The number of rotatable bonds is 5. The molecule has 2 aromatic rings. The van der Waals surface area contributed by atoms with Gasteiger partial charge in [0.05, 0.1) is 6.61 Å². The SMILES string of the molecule is C[Si](C)OCC1=C(C(C)(C)C)C(c2ccc(F)cc2)CCN1C(=O)Oc1ccccc1. The number of hydrogen-bond donors (Lipinski definition) is 0. The first-order valence-corrected chi connectivity index (χ1v) is 13.0. The Morgan fingerprint density at radius 1 is 1.10 bits per heavy atom. The van der Waals surface area contributed by atoms with Crippen LogP contribution in [0, 0.1) is 11.2 Å². The van der Waals surface area contributed by atoms with Crippen molar-refractivity contribution in [2.45, 2.75) is 46.2 Å². The maximum atomic E-state index is 13.5. The molecule has 31 heavy (non-hydrogen) atoms. The van der Waals surface area contributed by atoms with Crippen molar-refractivity contribution < 1.29 is 18.3 Å². The van der Waals surface area contributed by atoms with E-state index < -0.39 is 15.1 Å². The van der Waals surface area contributed by atoms with Gasteiger partial charge in [-0.1, -0.05) is 51.1 Å². The second-order valence-corrected chi connectivity index (χ2v) is 11.1. The van der Waals surface area contributed by atoms with Gasteiger partial charge in [-0.05, 0) is 60.3 Å². The molecule has 0 bridgehead atoms. The van der Waals surface area contributed by atoms with Gasteiger partial charge in [0.1, 0.15) is 11.6 Å². The maximum absolute atomic E-state index is 13.5. The molecule has 0 aliphatic carbocycles. The molecular weight excluding hydrogens is 409 g/mol. The highest BCUT2D eigenvalue weighted by Crippen LogP contribution is 2.45. The summed E-state index contributed by atoms with van der Waals surface area (Å²) in [7, 11) is -0.958. The number of halogens is 1. The van der Waals surface area contributed by atoms with E-state index in [0.717, 1.165) is 23.3 Å². The summed E-state index contributed by atoms with van der Waals surface area (Å²) < 4.78 is 25.3. The molecule has 0 aromatic heterocycles. The lowest BCUT2D eigenvalue weighted by atomic mass is 9.72. The van der Waals surface area contributed by atoms with Gasteiger partial charge >= 0.3 is 6.09 Å². The second kappa shape index (κ2) is 9.79. The van der Waals surface area contributed by atoms with Crippen molar-refractivity contribution in [1.29, 1.82) is 0 Å². The Kier molecular flexibility index (Phi) is 7.33. The third-order valence-electron chi connectivity index (χ3n) is 5.37. The van der Waals surface area contributed by atoms with Crippen LogP contribution < -0.4 is 4.74 Å². The van der Waals surface area contributed by atoms with Crippen LogP contribution in [0.3, 0.4) is 0 Å². The second-order valence-electron chi connectivity index (χ2n) is 9.03. The zero-order chi connectivity index (χ0) is 22.6. The number of benzene rings is 2. The van der Waals surface area contributed by atoms with Gasteiger partial charge in [0.25, 0.3) is 0 Å². The normalized spacial score (nSPS) is 17.3. The molecule has 1 unspecified atom stereocenters. The lowest BCUT2D eigenvalue weighted by molar-refractivity contribution is 0.150. The third-order valence-corrected chi connectivity index (χ3v) is 6.09. The van der Waals surface area contributed by atoms with Crippen LogP contribution in [0.25, 0.3) is 0 Å². The highest BCUT2D eigenvalue weighted by molar-refractivity contribution is 6.48. The standard InChI is InChI=1S/C25H31FNO3Si/c1-25(2,3)23-21(18-11-13-19(26)14-12-18)15-16-27(22(23)17-29-31(4)5)24(28)30-20-9-7-6-8-10-20/h6-14,21H,15-17H2,1-5H3. The minimum Gasteiger partial charge on any atom is -0.411 e. The number of carbonyl (C=O) groups excluding carboxylic acids is 1. The molecule has 1 aliphatic rings. The molecule has 0 saturated heterocycles. The first-order chi connectivity index (χ1) is 14.7. The molecule has 0 saturated carbocycles. The van der Waals surface area contributed by atoms with Crippen LogP contribution in [0.4, 0.5) is 9.18 Å². The molecule has 1 heterocycles. The van der Waals surface area contributed by atoms with E-state index in [-0.39, 0.29) is 17.2 Å². The lowest BCUT2D eigenvalue weighted by Gasteiger charge is -2.41. The largest absolute Gasteiger partial charge is 0.419 e. The number of para-hydroxylation sites is 1. The maximum Gasteiger partial charge on any atom is 0.419 e. The Hall–Kier alpha value is -2.44. The summed E-state index contributed by atoms with van der Waals surface area (Å²) in [6.45, 7) is 11.5. The van der Waals surface area contributed by atoms with E-state index in [2.05, 4.69) is 33.9 Å². The van der Waals surface area contributed by atoms with Crippen LogP contribution >= 0.6 is 0 Å². The molecule has 4 nitrogen and oxygen atoms in total. The van der Waals surface area contributed by atoms with Crippen LogP contribution in [0.5, 0.6) is 5.75 Å². The molecule has 1 amide bonds. The van der Waals surface area contributed by atoms with Crippen molar-refractivity contribution in [2.24, 2.45) is 5.41 Å². The highest BCUT2D eigenvalue weighted by Gasteiger charge is 2.38. The Balaban J connectivity index is 2.03. The highest BCUT2D eigenvalue weighted by atomic mass is 28.3. The fraction of sp³-hybridized carbons (Fsp3) is 0.400. The van der Waals surface area contributed by atoms with Crippen molar-refractivity contribution in [3.63, 3.8) is 0 Å². The first kappa shape index (κ1) is 23.2. The Bertz CT molecular complexity index is 920. The van der Waals surface area contributed by atoms with Crippen LogP contribution in [-0.4, -0.2) is 33.2 Å². The Morgan fingerprint density at radius 2 is 1.74 bits per heavy atom.